The largest absolute Gasteiger partial charge is 0.383 e. The lowest BCUT2D eigenvalue weighted by atomic mass is 10.2. The zero-order valence-electron chi connectivity index (χ0n) is 19.2. The van der Waals surface area contributed by atoms with Crippen LogP contribution < -0.4 is 21.9 Å². The minimum atomic E-state index is -0.741. The molecule has 0 spiro atoms. The maximum absolute atomic E-state index is 13.2. The van der Waals surface area contributed by atoms with Crippen LogP contribution >= 0.6 is 11.3 Å². The van der Waals surface area contributed by atoms with Crippen LogP contribution in [0.2, 0.25) is 0 Å². The molecule has 0 atom stereocenters. The molecule has 0 saturated carbocycles. The zero-order chi connectivity index (χ0) is 24.8. The SMILES string of the molecule is COCCN(C(=O)/C=C/c1ccc(-c2ccc(F)cc2)s1)c1c(N)n(CC(C)C)c(=O)[nH]c1=O. The van der Waals surface area contributed by atoms with Crippen LogP contribution in [0.3, 0.4) is 0 Å². The van der Waals surface area contributed by atoms with Gasteiger partial charge in [-0.1, -0.05) is 26.0 Å². The van der Waals surface area contributed by atoms with Gasteiger partial charge < -0.3 is 10.5 Å². The number of amides is 1. The third-order valence-corrected chi connectivity index (χ3v) is 6.06. The van der Waals surface area contributed by atoms with Gasteiger partial charge in [-0.05, 0) is 41.8 Å². The molecule has 0 aliphatic heterocycles. The summed E-state index contributed by atoms with van der Waals surface area (Å²) in [7, 11) is 1.48. The summed E-state index contributed by atoms with van der Waals surface area (Å²) in [5, 5.41) is 0. The van der Waals surface area contributed by atoms with Crippen molar-refractivity contribution < 1.29 is 13.9 Å². The minimum absolute atomic E-state index is 0.0676. The Kier molecular flexibility index (Phi) is 8.19. The summed E-state index contributed by atoms with van der Waals surface area (Å²) in [5.74, 6) is -0.775. The second kappa shape index (κ2) is 11.1. The molecule has 180 valence electrons. The molecule has 0 aliphatic carbocycles. The van der Waals surface area contributed by atoms with Gasteiger partial charge in [-0.25, -0.2) is 9.18 Å². The van der Waals surface area contributed by atoms with Crippen molar-refractivity contribution in [2.75, 3.05) is 30.9 Å². The fourth-order valence-corrected chi connectivity index (χ4v) is 4.27. The summed E-state index contributed by atoms with van der Waals surface area (Å²) < 4.78 is 19.5. The predicted octanol–water partition coefficient (Wildman–Crippen LogP) is 3.34. The summed E-state index contributed by atoms with van der Waals surface area (Å²) in [6.45, 7) is 4.34. The van der Waals surface area contributed by atoms with Gasteiger partial charge in [-0.15, -0.1) is 11.3 Å². The van der Waals surface area contributed by atoms with Crippen molar-refractivity contribution in [3.63, 3.8) is 0 Å². The highest BCUT2D eigenvalue weighted by molar-refractivity contribution is 7.16. The van der Waals surface area contributed by atoms with E-state index in [2.05, 4.69) is 4.98 Å². The number of nitrogen functional groups attached to an aromatic ring is 1. The van der Waals surface area contributed by atoms with Crippen LogP contribution in [0.15, 0.2) is 52.1 Å². The van der Waals surface area contributed by atoms with Crippen molar-refractivity contribution in [3.8, 4) is 10.4 Å². The van der Waals surface area contributed by atoms with Crippen LogP contribution in [0.1, 0.15) is 18.7 Å². The number of anilines is 2. The van der Waals surface area contributed by atoms with Gasteiger partial charge in [0.1, 0.15) is 11.6 Å². The lowest BCUT2D eigenvalue weighted by Gasteiger charge is -2.23. The lowest BCUT2D eigenvalue weighted by molar-refractivity contribution is -0.114. The van der Waals surface area contributed by atoms with Gasteiger partial charge in [0.15, 0.2) is 5.69 Å². The number of nitrogens with one attached hydrogen (secondary N) is 1. The number of rotatable bonds is 9. The Morgan fingerprint density at radius 3 is 2.59 bits per heavy atom. The van der Waals surface area contributed by atoms with Crippen molar-refractivity contribution in [1.82, 2.24) is 9.55 Å². The van der Waals surface area contributed by atoms with Crippen molar-refractivity contribution in [2.45, 2.75) is 20.4 Å². The van der Waals surface area contributed by atoms with E-state index in [9.17, 15) is 18.8 Å². The monoisotopic (exact) mass is 486 g/mol. The molecule has 1 aromatic carbocycles. The summed E-state index contributed by atoms with van der Waals surface area (Å²) >= 11 is 1.43. The zero-order valence-corrected chi connectivity index (χ0v) is 20.0. The summed E-state index contributed by atoms with van der Waals surface area (Å²) in [5.41, 5.74) is 5.60. The van der Waals surface area contributed by atoms with E-state index in [0.717, 1.165) is 15.3 Å². The van der Waals surface area contributed by atoms with Gasteiger partial charge in [-0.2, -0.15) is 0 Å². The quantitative estimate of drug-likeness (QED) is 0.451. The molecular formula is C24H27FN4O4S. The highest BCUT2D eigenvalue weighted by Gasteiger charge is 2.23. The molecule has 0 aliphatic rings. The van der Waals surface area contributed by atoms with Gasteiger partial charge in [0.2, 0.25) is 0 Å². The number of nitrogens with zero attached hydrogens (tertiary/aromatic N) is 2. The van der Waals surface area contributed by atoms with Gasteiger partial charge in [0.25, 0.3) is 11.5 Å². The van der Waals surface area contributed by atoms with Gasteiger partial charge in [0, 0.05) is 36.0 Å². The molecular weight excluding hydrogens is 459 g/mol. The number of benzene rings is 1. The Bertz CT molecular complexity index is 1290. The Balaban J connectivity index is 1.91. The molecule has 0 radical (unpaired) electrons. The summed E-state index contributed by atoms with van der Waals surface area (Å²) in [6.07, 6.45) is 2.97. The normalized spacial score (nSPS) is 11.4. The number of nitrogens with two attached hydrogens (primary N) is 1. The number of thiophene rings is 1. The highest BCUT2D eigenvalue weighted by atomic mass is 32.1. The fourth-order valence-electron chi connectivity index (χ4n) is 3.35. The topological polar surface area (TPSA) is 110 Å². The molecule has 2 aromatic heterocycles. The molecule has 3 rings (SSSR count). The number of H-pyrrole nitrogens is 1. The van der Waals surface area contributed by atoms with Gasteiger partial charge in [-0.3, -0.25) is 24.0 Å². The third kappa shape index (κ3) is 5.89. The van der Waals surface area contributed by atoms with Crippen LogP contribution in [-0.2, 0) is 16.1 Å². The average Bonchev–Trinajstić information content (AvgIpc) is 3.26. The third-order valence-electron chi connectivity index (χ3n) is 4.96. The standard InChI is InChI=1S/C24H27FN4O4S/c1-15(2)14-29-22(26)21(23(31)27-24(29)32)28(12-13-33-3)20(30)11-9-18-8-10-19(34-18)16-4-6-17(25)7-5-16/h4-11,15H,12-14,26H2,1-3H3,(H,27,31,32)/b11-9+. The van der Waals surface area contributed by atoms with Crippen LogP contribution in [0.5, 0.6) is 0 Å². The van der Waals surface area contributed by atoms with Crippen molar-refractivity contribution in [1.29, 1.82) is 0 Å². The van der Waals surface area contributed by atoms with Gasteiger partial charge >= 0.3 is 5.69 Å². The second-order valence-electron chi connectivity index (χ2n) is 8.02. The van der Waals surface area contributed by atoms with E-state index in [0.29, 0.717) is 0 Å². The molecule has 10 heteroatoms. The number of carbonyl (C=O) groups excluding carboxylic acids is 1. The van der Waals surface area contributed by atoms with E-state index in [4.69, 9.17) is 10.5 Å². The maximum Gasteiger partial charge on any atom is 0.330 e. The predicted molar refractivity (Wildman–Crippen MR) is 134 cm³/mol. The number of hydrogen-bond acceptors (Lipinski definition) is 6. The number of methoxy groups -OCH3 is 1. The van der Waals surface area contributed by atoms with Gasteiger partial charge in [0.05, 0.1) is 6.61 Å². The molecule has 0 bridgehead atoms. The number of ether oxygens (including phenoxy) is 1. The Labute approximate surface area is 200 Å². The minimum Gasteiger partial charge on any atom is -0.383 e. The Morgan fingerprint density at radius 1 is 1.24 bits per heavy atom. The molecule has 0 fully saturated rings. The fraction of sp³-hybridized carbons (Fsp3) is 0.292. The molecule has 3 N–H and O–H groups in total. The summed E-state index contributed by atoms with van der Waals surface area (Å²) in [6, 6.07) is 9.89. The first kappa shape index (κ1) is 25.1. The molecule has 3 aromatic rings. The molecule has 0 saturated heterocycles. The van der Waals surface area contributed by atoms with Crippen LogP contribution in [0, 0.1) is 11.7 Å². The summed E-state index contributed by atoms with van der Waals surface area (Å²) in [4.78, 5) is 43.2. The molecule has 8 nitrogen and oxygen atoms in total. The van der Waals surface area contributed by atoms with E-state index in [-0.39, 0.29) is 42.9 Å². The van der Waals surface area contributed by atoms with Crippen molar-refractivity contribution in [3.05, 3.63) is 74.0 Å². The molecule has 2 heterocycles. The highest BCUT2D eigenvalue weighted by Crippen LogP contribution is 2.29. The van der Waals surface area contributed by atoms with E-state index in [1.54, 1.807) is 18.2 Å². The van der Waals surface area contributed by atoms with Crippen LogP contribution in [-0.4, -0.2) is 35.7 Å². The smallest absolute Gasteiger partial charge is 0.330 e. The molecule has 1 amide bonds. The van der Waals surface area contributed by atoms with E-state index in [1.807, 2.05) is 26.0 Å². The number of aromatic nitrogens is 2. The molecule has 34 heavy (non-hydrogen) atoms. The van der Waals surface area contributed by atoms with Crippen LogP contribution in [0.4, 0.5) is 15.9 Å². The Hall–Kier alpha value is -3.50. The van der Waals surface area contributed by atoms with Crippen molar-refractivity contribution >= 4 is 34.8 Å². The Morgan fingerprint density at radius 2 is 1.94 bits per heavy atom. The second-order valence-corrected chi connectivity index (χ2v) is 9.14. The number of carbonyl (C=O) groups is 1. The number of hydrogen-bond donors (Lipinski definition) is 2. The van der Waals surface area contributed by atoms with E-state index < -0.39 is 17.2 Å². The molecule has 0 unspecified atom stereocenters. The van der Waals surface area contributed by atoms with Crippen LogP contribution in [0.25, 0.3) is 16.5 Å². The first-order chi connectivity index (χ1) is 16.2. The van der Waals surface area contributed by atoms with E-state index >= 15 is 0 Å². The first-order valence-electron chi connectivity index (χ1n) is 10.7. The average molecular weight is 487 g/mol. The van der Waals surface area contributed by atoms with E-state index in [1.165, 1.54) is 46.1 Å². The maximum atomic E-state index is 13.2. The number of aromatic amines is 1. The first-order valence-corrected chi connectivity index (χ1v) is 11.5. The van der Waals surface area contributed by atoms with Crippen molar-refractivity contribution in [2.24, 2.45) is 5.92 Å². The lowest BCUT2D eigenvalue weighted by Crippen LogP contribution is -2.42. The number of halogens is 1.